The molecule has 0 atom stereocenters. The molecule has 94 valence electrons. The van der Waals surface area contributed by atoms with Gasteiger partial charge in [0.1, 0.15) is 11.8 Å². The Kier molecular flexibility index (Phi) is 3.72. The Morgan fingerprint density at radius 3 is 2.89 bits per heavy atom. The number of aryl methyl sites for hydroxylation is 1. The molecule has 1 aliphatic heterocycles. The van der Waals surface area contributed by atoms with Crippen molar-refractivity contribution in [2.75, 3.05) is 25.0 Å². The van der Waals surface area contributed by atoms with Crippen molar-refractivity contribution in [1.82, 2.24) is 14.9 Å². The van der Waals surface area contributed by atoms with Gasteiger partial charge in [0.05, 0.1) is 6.54 Å². The number of likely N-dealkylation sites (tertiary alicyclic amines) is 1. The fourth-order valence-corrected chi connectivity index (χ4v) is 1.94. The summed E-state index contributed by atoms with van der Waals surface area (Å²) in [6.45, 7) is 3.63. The van der Waals surface area contributed by atoms with Crippen LogP contribution in [0.15, 0.2) is 6.07 Å². The lowest BCUT2D eigenvalue weighted by Crippen LogP contribution is -2.33. The first kappa shape index (κ1) is 12.3. The summed E-state index contributed by atoms with van der Waals surface area (Å²) >= 11 is 0. The van der Waals surface area contributed by atoms with Crippen molar-refractivity contribution in [3.05, 3.63) is 17.5 Å². The zero-order chi connectivity index (χ0) is 13.0. The Morgan fingerprint density at radius 1 is 1.50 bits per heavy atom. The van der Waals surface area contributed by atoms with Crippen molar-refractivity contribution in [1.29, 1.82) is 5.26 Å². The number of nitrogens with one attached hydrogen (secondary N) is 1. The molecule has 1 aromatic heterocycles. The lowest BCUT2D eigenvalue weighted by atomic mass is 10.3. The molecule has 0 spiro atoms. The molecular formula is C12H15N5O. The maximum Gasteiger partial charge on any atom is 0.241 e. The van der Waals surface area contributed by atoms with Crippen molar-refractivity contribution >= 4 is 11.9 Å². The van der Waals surface area contributed by atoms with Crippen LogP contribution < -0.4 is 5.32 Å². The highest BCUT2D eigenvalue weighted by Gasteiger charge is 2.17. The maximum atomic E-state index is 11.8. The number of amides is 1. The van der Waals surface area contributed by atoms with Gasteiger partial charge in [-0.05, 0) is 25.8 Å². The second-order valence-corrected chi connectivity index (χ2v) is 4.27. The van der Waals surface area contributed by atoms with Crippen LogP contribution >= 0.6 is 0 Å². The van der Waals surface area contributed by atoms with Crippen LogP contribution in [0.5, 0.6) is 0 Å². The highest BCUT2D eigenvalue weighted by molar-refractivity contribution is 5.80. The Morgan fingerprint density at radius 2 is 2.22 bits per heavy atom. The van der Waals surface area contributed by atoms with Gasteiger partial charge in [-0.1, -0.05) is 0 Å². The van der Waals surface area contributed by atoms with Crippen LogP contribution in [0.4, 0.5) is 5.95 Å². The SMILES string of the molecule is Cc1cc(C#N)nc(NCC(=O)N2CCCC2)n1. The average molecular weight is 245 g/mol. The van der Waals surface area contributed by atoms with E-state index in [2.05, 4.69) is 15.3 Å². The number of hydrogen-bond acceptors (Lipinski definition) is 5. The molecule has 1 N–H and O–H groups in total. The third kappa shape index (κ3) is 2.94. The van der Waals surface area contributed by atoms with Crippen LogP contribution in [0, 0.1) is 18.3 Å². The minimum Gasteiger partial charge on any atom is -0.345 e. The summed E-state index contributed by atoms with van der Waals surface area (Å²) in [4.78, 5) is 21.8. The fraction of sp³-hybridized carbons (Fsp3) is 0.500. The number of rotatable bonds is 3. The molecule has 1 saturated heterocycles. The van der Waals surface area contributed by atoms with E-state index in [1.54, 1.807) is 13.0 Å². The predicted octanol–water partition coefficient (Wildman–Crippen LogP) is 0.691. The third-order valence-electron chi connectivity index (χ3n) is 2.83. The van der Waals surface area contributed by atoms with Crippen molar-refractivity contribution in [2.24, 2.45) is 0 Å². The van der Waals surface area contributed by atoms with Gasteiger partial charge in [-0.2, -0.15) is 5.26 Å². The van der Waals surface area contributed by atoms with Crippen LogP contribution in [0.2, 0.25) is 0 Å². The number of carbonyl (C=O) groups excluding carboxylic acids is 1. The van der Waals surface area contributed by atoms with Crippen LogP contribution in [0.3, 0.4) is 0 Å². The van der Waals surface area contributed by atoms with Gasteiger partial charge in [0.15, 0.2) is 0 Å². The molecule has 0 unspecified atom stereocenters. The first-order valence-electron chi connectivity index (χ1n) is 5.96. The molecule has 1 fully saturated rings. The van der Waals surface area contributed by atoms with E-state index < -0.39 is 0 Å². The molecule has 2 rings (SSSR count). The Balaban J connectivity index is 1.95. The molecule has 6 nitrogen and oxygen atoms in total. The van der Waals surface area contributed by atoms with Gasteiger partial charge in [-0.3, -0.25) is 4.79 Å². The molecule has 1 aromatic rings. The van der Waals surface area contributed by atoms with E-state index in [9.17, 15) is 4.79 Å². The standard InChI is InChI=1S/C12H15N5O/c1-9-6-10(7-13)16-12(15-9)14-8-11(18)17-4-2-3-5-17/h6H,2-5,8H2,1H3,(H,14,15,16). The predicted molar refractivity (Wildman–Crippen MR) is 65.8 cm³/mol. The quantitative estimate of drug-likeness (QED) is 0.847. The molecule has 0 bridgehead atoms. The van der Waals surface area contributed by atoms with Crippen molar-refractivity contribution in [2.45, 2.75) is 19.8 Å². The molecule has 0 aliphatic carbocycles. The Bertz CT molecular complexity index is 488. The summed E-state index contributed by atoms with van der Waals surface area (Å²) in [5, 5.41) is 11.7. The lowest BCUT2D eigenvalue weighted by molar-refractivity contribution is -0.128. The van der Waals surface area contributed by atoms with Crippen LogP contribution in [0.25, 0.3) is 0 Å². The van der Waals surface area contributed by atoms with Gasteiger partial charge < -0.3 is 10.2 Å². The van der Waals surface area contributed by atoms with Gasteiger partial charge in [-0.15, -0.1) is 0 Å². The van der Waals surface area contributed by atoms with E-state index in [1.807, 2.05) is 11.0 Å². The summed E-state index contributed by atoms with van der Waals surface area (Å²) < 4.78 is 0. The Labute approximate surface area is 106 Å². The van der Waals surface area contributed by atoms with Gasteiger partial charge in [-0.25, -0.2) is 9.97 Å². The van der Waals surface area contributed by atoms with E-state index >= 15 is 0 Å². The fourth-order valence-electron chi connectivity index (χ4n) is 1.94. The summed E-state index contributed by atoms with van der Waals surface area (Å²) in [6.07, 6.45) is 2.15. The second kappa shape index (κ2) is 5.45. The average Bonchev–Trinajstić information content (AvgIpc) is 2.89. The minimum atomic E-state index is 0.0520. The highest BCUT2D eigenvalue weighted by Crippen LogP contribution is 2.08. The van der Waals surface area contributed by atoms with Gasteiger partial charge in [0.2, 0.25) is 11.9 Å². The molecular weight excluding hydrogens is 230 g/mol. The number of nitrogens with zero attached hydrogens (tertiary/aromatic N) is 4. The summed E-state index contributed by atoms with van der Waals surface area (Å²) in [6, 6.07) is 3.57. The first-order valence-corrected chi connectivity index (χ1v) is 5.96. The highest BCUT2D eigenvalue weighted by atomic mass is 16.2. The van der Waals surface area contributed by atoms with Crippen molar-refractivity contribution in [3.8, 4) is 6.07 Å². The molecule has 0 saturated carbocycles. The molecule has 2 heterocycles. The van der Waals surface area contributed by atoms with E-state index in [1.165, 1.54) is 0 Å². The number of carbonyl (C=O) groups is 1. The number of hydrogen-bond donors (Lipinski definition) is 1. The van der Waals surface area contributed by atoms with Crippen LogP contribution in [0.1, 0.15) is 24.2 Å². The van der Waals surface area contributed by atoms with Crippen molar-refractivity contribution in [3.63, 3.8) is 0 Å². The monoisotopic (exact) mass is 245 g/mol. The van der Waals surface area contributed by atoms with E-state index in [4.69, 9.17) is 5.26 Å². The van der Waals surface area contributed by atoms with Gasteiger partial charge >= 0.3 is 0 Å². The number of nitriles is 1. The van der Waals surface area contributed by atoms with Crippen LogP contribution in [-0.2, 0) is 4.79 Å². The smallest absolute Gasteiger partial charge is 0.241 e. The van der Waals surface area contributed by atoms with E-state index in [0.29, 0.717) is 17.3 Å². The summed E-state index contributed by atoms with van der Waals surface area (Å²) in [5.41, 5.74) is 1.01. The minimum absolute atomic E-state index is 0.0520. The zero-order valence-corrected chi connectivity index (χ0v) is 10.3. The number of anilines is 1. The Hall–Kier alpha value is -2.16. The first-order chi connectivity index (χ1) is 8.69. The largest absolute Gasteiger partial charge is 0.345 e. The van der Waals surface area contributed by atoms with Crippen LogP contribution in [-0.4, -0.2) is 40.4 Å². The second-order valence-electron chi connectivity index (χ2n) is 4.27. The lowest BCUT2D eigenvalue weighted by Gasteiger charge is -2.15. The maximum absolute atomic E-state index is 11.8. The number of aromatic nitrogens is 2. The summed E-state index contributed by atoms with van der Waals surface area (Å²) in [5.74, 6) is 0.384. The molecule has 18 heavy (non-hydrogen) atoms. The molecule has 1 amide bonds. The molecule has 0 aromatic carbocycles. The normalized spacial score (nSPS) is 14.3. The molecule has 1 aliphatic rings. The third-order valence-corrected chi connectivity index (χ3v) is 2.83. The van der Waals surface area contributed by atoms with Gasteiger partial charge in [0, 0.05) is 18.8 Å². The zero-order valence-electron chi connectivity index (χ0n) is 10.3. The van der Waals surface area contributed by atoms with E-state index in [-0.39, 0.29) is 12.5 Å². The molecule has 0 radical (unpaired) electrons. The van der Waals surface area contributed by atoms with Gasteiger partial charge in [0.25, 0.3) is 0 Å². The summed E-state index contributed by atoms with van der Waals surface area (Å²) in [7, 11) is 0. The topological polar surface area (TPSA) is 81.9 Å². The molecule has 6 heteroatoms. The van der Waals surface area contributed by atoms with E-state index in [0.717, 1.165) is 25.9 Å². The van der Waals surface area contributed by atoms with Crippen molar-refractivity contribution < 1.29 is 4.79 Å².